The second-order valence-electron chi connectivity index (χ2n) is 10.8. The van der Waals surface area contributed by atoms with E-state index < -0.39 is 24.0 Å². The van der Waals surface area contributed by atoms with Gasteiger partial charge in [-0.25, -0.2) is 4.98 Å². The molecule has 8 nitrogen and oxygen atoms in total. The van der Waals surface area contributed by atoms with Crippen molar-refractivity contribution in [3.63, 3.8) is 0 Å². The molecular formula is C30H46FN3O5. The van der Waals surface area contributed by atoms with E-state index in [0.717, 1.165) is 18.4 Å². The molecule has 0 saturated carbocycles. The van der Waals surface area contributed by atoms with Gasteiger partial charge >= 0.3 is 0 Å². The average Bonchev–Trinajstić information content (AvgIpc) is 2.90. The van der Waals surface area contributed by atoms with Gasteiger partial charge in [0.15, 0.2) is 11.5 Å². The van der Waals surface area contributed by atoms with Crippen molar-refractivity contribution >= 4 is 11.6 Å². The molecule has 0 aliphatic carbocycles. The summed E-state index contributed by atoms with van der Waals surface area (Å²) in [6.45, 7) is 9.23. The monoisotopic (exact) mass is 547 g/mol. The molecule has 2 aromatic rings. The molecule has 0 fully saturated rings. The lowest BCUT2D eigenvalue weighted by atomic mass is 9.81. The molecule has 218 valence electrons. The lowest BCUT2D eigenvalue weighted by molar-refractivity contribution is -0.122. The van der Waals surface area contributed by atoms with Crippen LogP contribution in [-0.4, -0.2) is 55.6 Å². The number of nitrogens with zero attached hydrogens (tertiary/aromatic N) is 1. The quantitative estimate of drug-likeness (QED) is 0.192. The number of nitrogens with one attached hydrogen (secondary N) is 1. The second kappa shape index (κ2) is 16.4. The number of benzene rings is 1. The molecule has 2 rings (SSSR count). The number of amides is 1. The minimum atomic E-state index is -0.890. The van der Waals surface area contributed by atoms with Crippen LogP contribution in [0.25, 0.3) is 0 Å². The number of aromatic nitrogens is 1. The van der Waals surface area contributed by atoms with Crippen LogP contribution in [0.4, 0.5) is 10.1 Å². The van der Waals surface area contributed by atoms with E-state index in [9.17, 15) is 14.3 Å². The molecule has 0 bridgehead atoms. The van der Waals surface area contributed by atoms with Crippen molar-refractivity contribution in [1.29, 1.82) is 0 Å². The van der Waals surface area contributed by atoms with Gasteiger partial charge in [-0.1, -0.05) is 33.8 Å². The van der Waals surface area contributed by atoms with Crippen LogP contribution in [0.3, 0.4) is 0 Å². The van der Waals surface area contributed by atoms with Crippen LogP contribution in [0.1, 0.15) is 52.5 Å². The van der Waals surface area contributed by atoms with Gasteiger partial charge in [-0.3, -0.25) is 4.79 Å². The van der Waals surface area contributed by atoms with Gasteiger partial charge in [-0.15, -0.1) is 0 Å². The van der Waals surface area contributed by atoms with Gasteiger partial charge in [0, 0.05) is 38.3 Å². The molecule has 0 saturated heterocycles. The van der Waals surface area contributed by atoms with Crippen LogP contribution in [0.15, 0.2) is 36.5 Å². The normalized spacial score (nSPS) is 14.6. The number of hydrogen-bond donors (Lipinski definition) is 3. The van der Waals surface area contributed by atoms with Crippen molar-refractivity contribution in [2.75, 3.05) is 32.8 Å². The van der Waals surface area contributed by atoms with Crippen LogP contribution < -0.4 is 20.5 Å². The Morgan fingerprint density at radius 3 is 2.44 bits per heavy atom. The van der Waals surface area contributed by atoms with Gasteiger partial charge in [0.1, 0.15) is 0 Å². The molecule has 1 aromatic heterocycles. The molecule has 4 atom stereocenters. The number of carbonyl (C=O) groups excluding carboxylic acids is 1. The van der Waals surface area contributed by atoms with Gasteiger partial charge in [-0.05, 0) is 66.8 Å². The Bertz CT molecular complexity index is 1020. The maximum atomic E-state index is 13.9. The summed E-state index contributed by atoms with van der Waals surface area (Å²) in [6.07, 6.45) is 2.72. The highest BCUT2D eigenvalue weighted by Gasteiger charge is 2.30. The third-order valence-electron chi connectivity index (χ3n) is 7.14. The molecule has 1 heterocycles. The number of halogens is 1. The summed E-state index contributed by atoms with van der Waals surface area (Å²) in [5.74, 6) is 0.153. The van der Waals surface area contributed by atoms with Gasteiger partial charge in [-0.2, -0.15) is 4.39 Å². The Balaban J connectivity index is 2.05. The summed E-state index contributed by atoms with van der Waals surface area (Å²) < 4.78 is 30.4. The number of pyridine rings is 1. The number of anilines is 1. The molecule has 0 spiro atoms. The number of hydrogen-bond acceptors (Lipinski definition) is 7. The van der Waals surface area contributed by atoms with Crippen LogP contribution >= 0.6 is 0 Å². The lowest BCUT2D eigenvalue weighted by Gasteiger charge is -2.30. The summed E-state index contributed by atoms with van der Waals surface area (Å²) in [6, 6.07) is 8.42. The third kappa shape index (κ3) is 10.4. The fraction of sp³-hybridized carbons (Fsp3) is 0.600. The van der Waals surface area contributed by atoms with Crippen LogP contribution in [0.5, 0.6) is 11.5 Å². The van der Waals surface area contributed by atoms with Gasteiger partial charge in [0.05, 0.1) is 25.5 Å². The zero-order chi connectivity index (χ0) is 28.9. The van der Waals surface area contributed by atoms with Gasteiger partial charge in [0.2, 0.25) is 11.9 Å². The highest BCUT2D eigenvalue weighted by Crippen LogP contribution is 2.32. The predicted octanol–water partition coefficient (Wildman–Crippen LogP) is 4.84. The number of ether oxygens (including phenoxy) is 3. The average molecular weight is 548 g/mol. The predicted molar refractivity (Wildman–Crippen MR) is 151 cm³/mol. The summed E-state index contributed by atoms with van der Waals surface area (Å²) in [7, 11) is 3.28. The van der Waals surface area contributed by atoms with Crippen molar-refractivity contribution in [2.45, 2.75) is 65.5 Å². The Kier molecular flexibility index (Phi) is 13.6. The van der Waals surface area contributed by atoms with E-state index in [2.05, 4.69) is 24.1 Å². The van der Waals surface area contributed by atoms with Crippen LogP contribution in [-0.2, 0) is 16.0 Å². The van der Waals surface area contributed by atoms with Crippen molar-refractivity contribution in [3.8, 4) is 11.5 Å². The van der Waals surface area contributed by atoms with Crippen LogP contribution in [0.2, 0.25) is 0 Å². The van der Waals surface area contributed by atoms with Crippen molar-refractivity contribution in [1.82, 2.24) is 4.98 Å². The highest BCUT2D eigenvalue weighted by molar-refractivity contribution is 5.92. The van der Waals surface area contributed by atoms with E-state index in [4.69, 9.17) is 19.9 Å². The van der Waals surface area contributed by atoms with Crippen LogP contribution in [0, 0.1) is 29.6 Å². The SMILES string of the molecule is COCCCOc1cc(CC(CC(N)C(O)CC(C(=O)Nc2cccnc2F)C(C)C)C(C)C)ccc1OC. The van der Waals surface area contributed by atoms with E-state index in [1.165, 1.54) is 12.3 Å². The first kappa shape index (κ1) is 32.5. The molecule has 0 radical (unpaired) electrons. The first-order chi connectivity index (χ1) is 18.6. The van der Waals surface area contributed by atoms with E-state index >= 15 is 0 Å². The summed E-state index contributed by atoms with van der Waals surface area (Å²) >= 11 is 0. The van der Waals surface area contributed by atoms with Crippen molar-refractivity contribution in [2.24, 2.45) is 29.4 Å². The molecule has 4 unspecified atom stereocenters. The first-order valence-electron chi connectivity index (χ1n) is 13.7. The number of nitrogens with two attached hydrogens (primary N) is 1. The maximum Gasteiger partial charge on any atom is 0.236 e. The zero-order valence-electron chi connectivity index (χ0n) is 24.2. The Hall–Kier alpha value is -2.75. The first-order valence-corrected chi connectivity index (χ1v) is 13.7. The maximum absolute atomic E-state index is 13.9. The summed E-state index contributed by atoms with van der Waals surface area (Å²) in [5, 5.41) is 13.6. The summed E-state index contributed by atoms with van der Waals surface area (Å²) in [5.41, 5.74) is 7.61. The molecule has 0 aliphatic heterocycles. The summed E-state index contributed by atoms with van der Waals surface area (Å²) in [4.78, 5) is 16.5. The smallest absolute Gasteiger partial charge is 0.236 e. The van der Waals surface area contributed by atoms with E-state index in [1.807, 2.05) is 32.0 Å². The number of rotatable bonds is 17. The minimum absolute atomic E-state index is 0.0216. The number of methoxy groups -OCH3 is 2. The van der Waals surface area contributed by atoms with E-state index in [1.54, 1.807) is 20.3 Å². The van der Waals surface area contributed by atoms with E-state index in [-0.39, 0.29) is 29.9 Å². The molecule has 4 N–H and O–H groups in total. The molecular weight excluding hydrogens is 501 g/mol. The zero-order valence-corrected chi connectivity index (χ0v) is 24.2. The molecule has 39 heavy (non-hydrogen) atoms. The molecule has 1 amide bonds. The third-order valence-corrected chi connectivity index (χ3v) is 7.14. The topological polar surface area (TPSA) is 116 Å². The van der Waals surface area contributed by atoms with Crippen molar-refractivity contribution in [3.05, 3.63) is 48.0 Å². The number of carbonyl (C=O) groups is 1. The fourth-order valence-electron chi connectivity index (χ4n) is 4.57. The second-order valence-corrected chi connectivity index (χ2v) is 10.8. The molecule has 9 heteroatoms. The fourth-order valence-corrected chi connectivity index (χ4v) is 4.57. The van der Waals surface area contributed by atoms with Gasteiger partial charge in [0.25, 0.3) is 0 Å². The van der Waals surface area contributed by atoms with Crippen molar-refractivity contribution < 1.29 is 28.5 Å². The number of aliphatic hydroxyl groups is 1. The largest absolute Gasteiger partial charge is 0.493 e. The number of aliphatic hydroxyl groups excluding tert-OH is 1. The Morgan fingerprint density at radius 1 is 1.08 bits per heavy atom. The Labute approximate surface area is 232 Å². The standard InChI is InChI=1S/C30H46FN3O5/c1-19(2)22(15-21-10-11-27(38-6)28(16-21)39-14-8-13-37-5)17-24(32)26(35)18-23(20(3)4)30(36)34-25-9-7-12-33-29(25)31/h7,9-12,16,19-20,22-24,26,35H,8,13-15,17-18,32H2,1-6H3,(H,34,36). The minimum Gasteiger partial charge on any atom is -0.493 e. The Morgan fingerprint density at radius 2 is 1.82 bits per heavy atom. The molecule has 0 aliphatic rings. The van der Waals surface area contributed by atoms with E-state index in [0.29, 0.717) is 37.1 Å². The van der Waals surface area contributed by atoms with Gasteiger partial charge < -0.3 is 30.4 Å². The molecule has 1 aromatic carbocycles. The highest BCUT2D eigenvalue weighted by atomic mass is 19.1. The lowest BCUT2D eigenvalue weighted by Crippen LogP contribution is -2.41.